The van der Waals surface area contributed by atoms with Gasteiger partial charge in [0.15, 0.2) is 5.75 Å². The Hall–Kier alpha value is -1.33. The van der Waals surface area contributed by atoms with E-state index in [1.165, 1.54) is 0 Å². The van der Waals surface area contributed by atoms with Crippen molar-refractivity contribution in [2.24, 2.45) is 7.05 Å². The van der Waals surface area contributed by atoms with E-state index in [4.69, 9.17) is 22.1 Å². The summed E-state index contributed by atoms with van der Waals surface area (Å²) in [6.45, 7) is 0. The molecule has 0 amide bonds. The van der Waals surface area contributed by atoms with Gasteiger partial charge in [-0.25, -0.2) is 0 Å². The highest BCUT2D eigenvalue weighted by Crippen LogP contribution is 2.38. The minimum atomic E-state index is 0.573. The van der Waals surface area contributed by atoms with Crippen LogP contribution in [0.3, 0.4) is 0 Å². The Kier molecular flexibility index (Phi) is 3.73. The van der Waals surface area contributed by atoms with E-state index in [0.717, 1.165) is 16.2 Å². The van der Waals surface area contributed by atoms with Crippen molar-refractivity contribution in [3.05, 3.63) is 23.2 Å². The van der Waals surface area contributed by atoms with Crippen molar-refractivity contribution in [3.63, 3.8) is 0 Å². The molecule has 0 atom stereocenters. The van der Waals surface area contributed by atoms with Gasteiger partial charge >= 0.3 is 0 Å². The van der Waals surface area contributed by atoms with E-state index in [-0.39, 0.29) is 0 Å². The van der Waals surface area contributed by atoms with E-state index >= 15 is 0 Å². The van der Waals surface area contributed by atoms with Crippen molar-refractivity contribution in [1.82, 2.24) is 9.78 Å². The zero-order valence-electron chi connectivity index (χ0n) is 10.4. The number of nitrogens with zero attached hydrogens (tertiary/aromatic N) is 2. The van der Waals surface area contributed by atoms with Crippen LogP contribution in [0.15, 0.2) is 23.1 Å². The molecule has 0 aliphatic carbocycles. The number of aryl methyl sites for hydroxylation is 1. The molecule has 0 radical (unpaired) electrons. The summed E-state index contributed by atoms with van der Waals surface area (Å²) < 4.78 is 6.91. The minimum absolute atomic E-state index is 0.573. The number of hydrogen-bond acceptors (Lipinski definition) is 4. The van der Waals surface area contributed by atoms with Crippen LogP contribution >= 0.6 is 23.4 Å². The molecule has 0 saturated carbocycles. The average molecular weight is 284 g/mol. The number of hydrogen-bond donors (Lipinski definition) is 1. The third-order valence-corrected chi connectivity index (χ3v) is 3.67. The molecule has 1 aromatic carbocycles. The summed E-state index contributed by atoms with van der Waals surface area (Å²) in [4.78, 5) is 0.976. The normalized spacial score (nSPS) is 10.7. The molecule has 0 aliphatic rings. The maximum absolute atomic E-state index is 6.21. The first-order valence-corrected chi connectivity index (χ1v) is 6.88. The van der Waals surface area contributed by atoms with Crippen LogP contribution in [0.4, 0.5) is 5.82 Å². The molecular formula is C12H14ClN3OS. The van der Waals surface area contributed by atoms with Crippen LogP contribution in [0.25, 0.3) is 11.3 Å². The molecule has 1 aromatic heterocycles. The van der Waals surface area contributed by atoms with Crippen LogP contribution in [0.5, 0.6) is 5.75 Å². The Labute approximate surface area is 115 Å². The SMILES string of the molecule is COc1c(Cl)cc(-c2cc(N)n(C)n2)cc1SC. The van der Waals surface area contributed by atoms with Crippen LogP contribution < -0.4 is 10.5 Å². The molecule has 96 valence electrons. The maximum Gasteiger partial charge on any atom is 0.151 e. The fourth-order valence-corrected chi connectivity index (χ4v) is 2.66. The van der Waals surface area contributed by atoms with Gasteiger partial charge in [0.25, 0.3) is 0 Å². The van der Waals surface area contributed by atoms with Crippen LogP contribution in [-0.2, 0) is 7.05 Å². The molecule has 0 fully saturated rings. The Bertz CT molecular complexity index is 563. The Morgan fingerprint density at radius 2 is 2.11 bits per heavy atom. The molecule has 6 heteroatoms. The second kappa shape index (κ2) is 5.12. The Balaban J connectivity index is 2.55. The fraction of sp³-hybridized carbons (Fsp3) is 0.250. The third-order valence-electron chi connectivity index (χ3n) is 2.65. The number of rotatable bonds is 3. The van der Waals surface area contributed by atoms with E-state index in [2.05, 4.69) is 5.10 Å². The maximum atomic E-state index is 6.21. The van der Waals surface area contributed by atoms with E-state index < -0.39 is 0 Å². The summed E-state index contributed by atoms with van der Waals surface area (Å²) in [5, 5.41) is 4.91. The number of thioether (sulfide) groups is 1. The van der Waals surface area contributed by atoms with Gasteiger partial charge in [0, 0.05) is 18.7 Å². The number of anilines is 1. The number of aromatic nitrogens is 2. The van der Waals surface area contributed by atoms with E-state index in [9.17, 15) is 0 Å². The van der Waals surface area contributed by atoms with E-state index in [0.29, 0.717) is 16.6 Å². The molecule has 1 heterocycles. The second-order valence-corrected chi connectivity index (χ2v) is 5.03. The number of methoxy groups -OCH3 is 1. The summed E-state index contributed by atoms with van der Waals surface area (Å²) in [5.41, 5.74) is 7.51. The lowest BCUT2D eigenvalue weighted by Crippen LogP contribution is -1.96. The molecule has 0 bridgehead atoms. The topological polar surface area (TPSA) is 53.1 Å². The number of ether oxygens (including phenoxy) is 1. The smallest absolute Gasteiger partial charge is 0.151 e. The summed E-state index contributed by atoms with van der Waals surface area (Å²) in [6, 6.07) is 5.65. The molecule has 2 rings (SSSR count). The van der Waals surface area contributed by atoms with Crippen molar-refractivity contribution in [2.45, 2.75) is 4.90 Å². The number of nitrogens with two attached hydrogens (primary N) is 1. The lowest BCUT2D eigenvalue weighted by atomic mass is 10.1. The zero-order chi connectivity index (χ0) is 13.3. The monoisotopic (exact) mass is 283 g/mol. The summed E-state index contributed by atoms with van der Waals surface area (Å²) in [5.74, 6) is 1.31. The van der Waals surface area contributed by atoms with Gasteiger partial charge in [-0.1, -0.05) is 11.6 Å². The molecule has 0 aliphatic heterocycles. The number of halogens is 1. The second-order valence-electron chi connectivity index (χ2n) is 3.77. The van der Waals surface area contributed by atoms with Crippen LogP contribution in [0.2, 0.25) is 5.02 Å². The van der Waals surface area contributed by atoms with Crippen LogP contribution in [0, 0.1) is 0 Å². The predicted molar refractivity (Wildman–Crippen MR) is 76.4 cm³/mol. The van der Waals surface area contributed by atoms with Crippen molar-refractivity contribution in [2.75, 3.05) is 19.1 Å². The largest absolute Gasteiger partial charge is 0.494 e. The fourth-order valence-electron chi connectivity index (χ4n) is 1.69. The molecule has 0 spiro atoms. The lowest BCUT2D eigenvalue weighted by Gasteiger charge is -2.10. The quantitative estimate of drug-likeness (QED) is 0.880. The lowest BCUT2D eigenvalue weighted by molar-refractivity contribution is 0.405. The van der Waals surface area contributed by atoms with Gasteiger partial charge in [-0.15, -0.1) is 11.8 Å². The predicted octanol–water partition coefficient (Wildman–Crippen LogP) is 3.05. The molecule has 18 heavy (non-hydrogen) atoms. The first-order chi connectivity index (χ1) is 8.56. The summed E-state index contributed by atoms with van der Waals surface area (Å²) in [7, 11) is 3.42. The average Bonchev–Trinajstić information content (AvgIpc) is 2.68. The van der Waals surface area contributed by atoms with Crippen LogP contribution in [-0.4, -0.2) is 23.1 Å². The zero-order valence-corrected chi connectivity index (χ0v) is 12.0. The van der Waals surface area contributed by atoms with E-state index in [1.807, 2.05) is 24.5 Å². The number of nitrogen functional groups attached to an aromatic ring is 1. The molecule has 2 aromatic rings. The van der Waals surface area contributed by atoms with Crippen molar-refractivity contribution in [3.8, 4) is 17.0 Å². The van der Waals surface area contributed by atoms with Crippen molar-refractivity contribution >= 4 is 29.2 Å². The standard InChI is InChI=1S/C12H14ClN3OS/c1-16-11(14)6-9(15-16)7-4-8(13)12(17-2)10(5-7)18-3/h4-6H,14H2,1-3H3. The van der Waals surface area contributed by atoms with Gasteiger partial charge in [-0.3, -0.25) is 4.68 Å². The molecule has 2 N–H and O–H groups in total. The van der Waals surface area contributed by atoms with Gasteiger partial charge < -0.3 is 10.5 Å². The molecule has 4 nitrogen and oxygen atoms in total. The van der Waals surface area contributed by atoms with Crippen molar-refractivity contribution in [1.29, 1.82) is 0 Å². The van der Waals surface area contributed by atoms with Crippen molar-refractivity contribution < 1.29 is 4.74 Å². The molecular weight excluding hydrogens is 270 g/mol. The molecule has 0 saturated heterocycles. The Morgan fingerprint density at radius 3 is 2.61 bits per heavy atom. The highest BCUT2D eigenvalue weighted by Gasteiger charge is 2.13. The van der Waals surface area contributed by atoms with Crippen LogP contribution in [0.1, 0.15) is 0 Å². The number of benzene rings is 1. The van der Waals surface area contributed by atoms with Gasteiger partial charge in [0.2, 0.25) is 0 Å². The Morgan fingerprint density at radius 1 is 1.39 bits per heavy atom. The van der Waals surface area contributed by atoms with Gasteiger partial charge in [0.1, 0.15) is 5.82 Å². The summed E-state index contributed by atoms with van der Waals surface area (Å²) in [6.07, 6.45) is 1.98. The van der Waals surface area contributed by atoms with Gasteiger partial charge in [-0.2, -0.15) is 5.10 Å². The van der Waals surface area contributed by atoms with E-state index in [1.54, 1.807) is 30.6 Å². The summed E-state index contributed by atoms with van der Waals surface area (Å²) >= 11 is 7.78. The third kappa shape index (κ3) is 2.28. The first kappa shape index (κ1) is 13.1. The van der Waals surface area contributed by atoms with Gasteiger partial charge in [-0.05, 0) is 18.4 Å². The minimum Gasteiger partial charge on any atom is -0.494 e. The highest BCUT2D eigenvalue weighted by atomic mass is 35.5. The molecule has 0 unspecified atom stereocenters. The van der Waals surface area contributed by atoms with Gasteiger partial charge in [0.05, 0.1) is 22.7 Å². The highest BCUT2D eigenvalue weighted by molar-refractivity contribution is 7.98. The first-order valence-electron chi connectivity index (χ1n) is 5.28.